The monoisotopic (exact) mass is 328 g/mol. The van der Waals surface area contributed by atoms with Crippen molar-refractivity contribution in [1.82, 2.24) is 0 Å². The third-order valence-corrected chi connectivity index (χ3v) is 4.36. The molecule has 0 amide bonds. The third kappa shape index (κ3) is 6.67. The molecule has 1 aliphatic carbocycles. The highest BCUT2D eigenvalue weighted by Gasteiger charge is 2.23. The number of alkyl halides is 3. The van der Waals surface area contributed by atoms with Gasteiger partial charge in [0.05, 0.1) is 12.3 Å². The number of ether oxygens (including phenoxy) is 1. The summed E-state index contributed by atoms with van der Waals surface area (Å²) in [5, 5.41) is 0. The Morgan fingerprint density at radius 1 is 1.09 bits per heavy atom. The van der Waals surface area contributed by atoms with Gasteiger partial charge < -0.3 is 4.74 Å². The van der Waals surface area contributed by atoms with Crippen LogP contribution in [0.2, 0.25) is 0 Å². The Balaban J connectivity index is 0.00000264. The highest BCUT2D eigenvalue weighted by molar-refractivity contribution is 5.30. The van der Waals surface area contributed by atoms with Crippen molar-refractivity contribution in [2.24, 2.45) is 5.92 Å². The van der Waals surface area contributed by atoms with E-state index >= 15 is 0 Å². The minimum atomic E-state index is -4.34. The van der Waals surface area contributed by atoms with E-state index in [0.717, 1.165) is 5.92 Å². The molecule has 0 bridgehead atoms. The summed E-state index contributed by atoms with van der Waals surface area (Å²) in [4.78, 5) is 0. The Labute approximate surface area is 137 Å². The van der Waals surface area contributed by atoms with Crippen LogP contribution in [0.4, 0.5) is 13.2 Å². The number of allylic oxidation sites excluding steroid dienone is 1. The van der Waals surface area contributed by atoms with Crippen molar-refractivity contribution in [3.63, 3.8) is 0 Å². The molecule has 1 nitrogen and oxygen atoms in total. The Morgan fingerprint density at radius 3 is 2.22 bits per heavy atom. The van der Waals surface area contributed by atoms with Crippen LogP contribution >= 0.6 is 0 Å². The molecule has 0 unspecified atom stereocenters. The van der Waals surface area contributed by atoms with Gasteiger partial charge in [-0.05, 0) is 55.2 Å². The molecule has 1 aromatic rings. The maximum atomic E-state index is 12.0. The van der Waals surface area contributed by atoms with Crippen LogP contribution in [-0.2, 0) is 0 Å². The number of hydrogen-bond acceptors (Lipinski definition) is 1. The van der Waals surface area contributed by atoms with E-state index in [4.69, 9.17) is 4.74 Å². The average Bonchev–Trinajstić information content (AvgIpc) is 2.48. The van der Waals surface area contributed by atoms with E-state index < -0.39 is 6.18 Å². The topological polar surface area (TPSA) is 9.23 Å². The summed E-state index contributed by atoms with van der Waals surface area (Å²) in [7, 11) is 0. The van der Waals surface area contributed by atoms with Crippen LogP contribution in [0.3, 0.4) is 0 Å². The van der Waals surface area contributed by atoms with E-state index in [2.05, 4.69) is 6.92 Å². The Kier molecular flexibility index (Phi) is 7.66. The molecule has 4 heteroatoms. The normalized spacial score (nSPS) is 21.9. The minimum Gasteiger partial charge on any atom is -0.465 e. The van der Waals surface area contributed by atoms with Crippen molar-refractivity contribution in [3.05, 3.63) is 42.2 Å². The SMILES string of the molecule is C.CCCC1CCC(c2ccc(O/C=C\C(F)(F)F)cc2)CC1. The van der Waals surface area contributed by atoms with Crippen LogP contribution in [-0.4, -0.2) is 6.18 Å². The van der Waals surface area contributed by atoms with E-state index in [1.54, 1.807) is 12.1 Å². The van der Waals surface area contributed by atoms with Gasteiger partial charge in [-0.15, -0.1) is 0 Å². The Bertz CT molecular complexity index is 468. The first kappa shape index (κ1) is 19.6. The van der Waals surface area contributed by atoms with E-state index in [9.17, 15) is 13.2 Å². The van der Waals surface area contributed by atoms with Gasteiger partial charge in [-0.1, -0.05) is 39.3 Å². The molecule has 1 fully saturated rings. The first-order valence-corrected chi connectivity index (χ1v) is 7.99. The predicted molar refractivity (Wildman–Crippen MR) is 88.6 cm³/mol. The van der Waals surface area contributed by atoms with Gasteiger partial charge in [0.1, 0.15) is 5.75 Å². The van der Waals surface area contributed by atoms with Crippen molar-refractivity contribution in [2.45, 2.75) is 65.0 Å². The van der Waals surface area contributed by atoms with Gasteiger partial charge in [0.2, 0.25) is 0 Å². The summed E-state index contributed by atoms with van der Waals surface area (Å²) in [5.41, 5.74) is 1.27. The predicted octanol–water partition coefficient (Wildman–Crippen LogP) is 6.85. The van der Waals surface area contributed by atoms with Crippen LogP contribution in [0.5, 0.6) is 5.75 Å². The molecule has 0 aliphatic heterocycles. The van der Waals surface area contributed by atoms with Gasteiger partial charge in [0.25, 0.3) is 0 Å². The molecule has 0 spiro atoms. The van der Waals surface area contributed by atoms with Crippen LogP contribution in [0.15, 0.2) is 36.6 Å². The Morgan fingerprint density at radius 2 is 1.70 bits per heavy atom. The smallest absolute Gasteiger partial charge is 0.412 e. The fourth-order valence-corrected chi connectivity index (χ4v) is 3.20. The molecule has 1 saturated carbocycles. The zero-order valence-corrected chi connectivity index (χ0v) is 12.9. The second-order valence-corrected chi connectivity index (χ2v) is 6.04. The summed E-state index contributed by atoms with van der Waals surface area (Å²) < 4.78 is 40.9. The average molecular weight is 328 g/mol. The Hall–Kier alpha value is -1.45. The second-order valence-electron chi connectivity index (χ2n) is 6.04. The quantitative estimate of drug-likeness (QED) is 0.537. The summed E-state index contributed by atoms with van der Waals surface area (Å²) in [6.07, 6.45) is 4.00. The maximum absolute atomic E-state index is 12.0. The van der Waals surface area contributed by atoms with Crippen molar-refractivity contribution < 1.29 is 17.9 Å². The van der Waals surface area contributed by atoms with Crippen LogP contribution in [0, 0.1) is 5.92 Å². The molecule has 130 valence electrons. The van der Waals surface area contributed by atoms with Crippen molar-refractivity contribution in [2.75, 3.05) is 0 Å². The lowest BCUT2D eigenvalue weighted by Gasteiger charge is -2.28. The zero-order chi connectivity index (χ0) is 16.0. The fourth-order valence-electron chi connectivity index (χ4n) is 3.20. The highest BCUT2D eigenvalue weighted by Crippen LogP contribution is 2.37. The molecule has 0 aromatic heterocycles. The van der Waals surface area contributed by atoms with E-state index in [0.29, 0.717) is 17.9 Å². The van der Waals surface area contributed by atoms with E-state index in [-0.39, 0.29) is 13.5 Å². The first-order valence-electron chi connectivity index (χ1n) is 7.99. The largest absolute Gasteiger partial charge is 0.465 e. The number of benzene rings is 1. The van der Waals surface area contributed by atoms with Crippen LogP contribution in [0.1, 0.15) is 64.4 Å². The molecular formula is C19H27F3O. The first-order chi connectivity index (χ1) is 10.5. The molecule has 23 heavy (non-hydrogen) atoms. The molecule has 1 aliphatic rings. The lowest BCUT2D eigenvalue weighted by atomic mass is 9.77. The van der Waals surface area contributed by atoms with E-state index in [1.807, 2.05) is 12.1 Å². The van der Waals surface area contributed by atoms with Gasteiger partial charge in [0, 0.05) is 0 Å². The van der Waals surface area contributed by atoms with Gasteiger partial charge in [-0.3, -0.25) is 0 Å². The van der Waals surface area contributed by atoms with Crippen molar-refractivity contribution in [3.8, 4) is 5.75 Å². The lowest BCUT2D eigenvalue weighted by molar-refractivity contribution is -0.0809. The van der Waals surface area contributed by atoms with E-state index in [1.165, 1.54) is 44.1 Å². The highest BCUT2D eigenvalue weighted by atomic mass is 19.4. The van der Waals surface area contributed by atoms with Crippen molar-refractivity contribution in [1.29, 1.82) is 0 Å². The molecule has 0 saturated heterocycles. The second kappa shape index (κ2) is 8.99. The molecule has 2 rings (SSSR count). The van der Waals surface area contributed by atoms with Crippen LogP contribution in [0.25, 0.3) is 0 Å². The maximum Gasteiger partial charge on any atom is 0.412 e. The summed E-state index contributed by atoms with van der Waals surface area (Å²) in [5.74, 6) is 1.88. The zero-order valence-electron chi connectivity index (χ0n) is 12.9. The molecule has 0 radical (unpaired) electrons. The third-order valence-electron chi connectivity index (χ3n) is 4.36. The molecular weight excluding hydrogens is 301 g/mol. The lowest BCUT2D eigenvalue weighted by Crippen LogP contribution is -2.13. The van der Waals surface area contributed by atoms with Gasteiger partial charge >= 0.3 is 6.18 Å². The summed E-state index contributed by atoms with van der Waals surface area (Å²) in [6, 6.07) is 7.44. The summed E-state index contributed by atoms with van der Waals surface area (Å²) >= 11 is 0. The number of halogens is 3. The van der Waals surface area contributed by atoms with Crippen LogP contribution < -0.4 is 4.74 Å². The van der Waals surface area contributed by atoms with Gasteiger partial charge in [0.15, 0.2) is 0 Å². The molecule has 0 N–H and O–H groups in total. The van der Waals surface area contributed by atoms with Crippen molar-refractivity contribution >= 4 is 0 Å². The molecule has 0 heterocycles. The molecule has 0 atom stereocenters. The summed E-state index contributed by atoms with van der Waals surface area (Å²) in [6.45, 7) is 2.23. The fraction of sp³-hybridized carbons (Fsp3) is 0.579. The number of hydrogen-bond donors (Lipinski definition) is 0. The minimum absolute atomic E-state index is 0. The van der Waals surface area contributed by atoms with Gasteiger partial charge in [-0.25, -0.2) is 0 Å². The molecule has 1 aromatic carbocycles. The van der Waals surface area contributed by atoms with Gasteiger partial charge in [-0.2, -0.15) is 13.2 Å². The number of rotatable bonds is 5. The standard InChI is InChI=1S/C18H23F3O.CH4/c1-2-3-14-4-6-15(7-5-14)16-8-10-17(11-9-16)22-13-12-18(19,20)21;/h8-15H,2-7H2,1H3;1H4/b13-12-;.